The van der Waals surface area contributed by atoms with E-state index in [1.54, 1.807) is 24.5 Å². The van der Waals surface area contributed by atoms with Crippen LogP contribution in [0.15, 0.2) is 58.4 Å². The Balaban J connectivity index is 1.73. The van der Waals surface area contributed by atoms with Crippen LogP contribution >= 0.6 is 11.8 Å². The lowest BCUT2D eigenvalue weighted by Crippen LogP contribution is -2.26. The van der Waals surface area contributed by atoms with E-state index >= 15 is 0 Å². The Bertz CT molecular complexity index is 1260. The Morgan fingerprint density at radius 3 is 2.71 bits per heavy atom. The van der Waals surface area contributed by atoms with Gasteiger partial charge in [-0.15, -0.1) is 0 Å². The van der Waals surface area contributed by atoms with Crippen molar-refractivity contribution < 1.29 is 14.3 Å². The van der Waals surface area contributed by atoms with Gasteiger partial charge in [0, 0.05) is 18.1 Å². The maximum Gasteiger partial charge on any atom is 0.338 e. The number of carbonyl (C=O) groups is 1. The minimum absolute atomic E-state index is 0.0667. The van der Waals surface area contributed by atoms with Gasteiger partial charge in [0.25, 0.3) is 0 Å². The molecule has 0 radical (unpaired) electrons. The first kappa shape index (κ1) is 23.3. The van der Waals surface area contributed by atoms with Gasteiger partial charge in [0.1, 0.15) is 28.5 Å². The predicted molar refractivity (Wildman–Crippen MR) is 125 cm³/mol. The van der Waals surface area contributed by atoms with E-state index in [1.165, 1.54) is 18.9 Å². The number of carbonyl (C=O) groups excluding carboxylic acids is 1. The van der Waals surface area contributed by atoms with Crippen molar-refractivity contribution in [1.82, 2.24) is 9.97 Å². The smallest absolute Gasteiger partial charge is 0.338 e. The van der Waals surface area contributed by atoms with E-state index in [-0.39, 0.29) is 28.5 Å². The first-order valence-electron chi connectivity index (χ1n) is 10.9. The first-order valence-corrected chi connectivity index (χ1v) is 11.9. The van der Waals surface area contributed by atoms with Gasteiger partial charge < -0.3 is 15.2 Å². The van der Waals surface area contributed by atoms with E-state index in [0.29, 0.717) is 16.2 Å². The number of nitrogens with two attached hydrogens (primary N) is 1. The minimum Gasteiger partial charge on any atom is -0.466 e. The molecule has 2 N–H and O–H groups in total. The van der Waals surface area contributed by atoms with Crippen LogP contribution in [0.4, 0.5) is 0 Å². The molecule has 172 valence electrons. The number of nitrogens with zero attached hydrogens (tertiary/aromatic N) is 4. The molecule has 0 unspecified atom stereocenters. The molecule has 2 aliphatic rings. The second-order valence-corrected chi connectivity index (χ2v) is 8.91. The van der Waals surface area contributed by atoms with Gasteiger partial charge in [-0.25, -0.2) is 9.78 Å². The summed E-state index contributed by atoms with van der Waals surface area (Å²) >= 11 is 1.30. The van der Waals surface area contributed by atoms with E-state index in [4.69, 9.17) is 20.2 Å². The van der Waals surface area contributed by atoms with Crippen LogP contribution in [-0.2, 0) is 27.1 Å². The third-order valence-electron chi connectivity index (χ3n) is 5.92. The molecule has 1 atom stereocenters. The lowest BCUT2D eigenvalue weighted by Gasteiger charge is -2.27. The van der Waals surface area contributed by atoms with Crippen LogP contribution in [0.3, 0.4) is 0 Å². The van der Waals surface area contributed by atoms with Crippen molar-refractivity contribution in [3.05, 3.63) is 75.8 Å². The van der Waals surface area contributed by atoms with Crippen LogP contribution in [-0.4, -0.2) is 28.8 Å². The Hall–Kier alpha value is -3.82. The quantitative estimate of drug-likeness (QED) is 0.392. The van der Waals surface area contributed by atoms with Crippen molar-refractivity contribution in [2.24, 2.45) is 5.73 Å². The largest absolute Gasteiger partial charge is 0.466 e. The van der Waals surface area contributed by atoms with E-state index < -0.39 is 11.9 Å². The Morgan fingerprint density at radius 2 is 2.00 bits per heavy atom. The molecule has 0 fully saturated rings. The molecule has 34 heavy (non-hydrogen) atoms. The molecule has 0 aromatic carbocycles. The molecule has 1 aliphatic heterocycles. The minimum atomic E-state index is -0.750. The molecule has 2 aromatic heterocycles. The zero-order chi connectivity index (χ0) is 24.1. The molecular weight excluding hydrogens is 450 g/mol. The number of methoxy groups -OCH3 is 1. The number of esters is 1. The van der Waals surface area contributed by atoms with Gasteiger partial charge in [-0.1, -0.05) is 18.2 Å². The third-order valence-corrected chi connectivity index (χ3v) is 6.91. The van der Waals surface area contributed by atoms with Gasteiger partial charge in [-0.05, 0) is 55.0 Å². The highest BCUT2D eigenvalue weighted by atomic mass is 32.2. The number of fused-ring (bicyclic) bond motifs is 1. The normalized spacial score (nSPS) is 17.7. The van der Waals surface area contributed by atoms with Crippen LogP contribution in [0, 0.1) is 22.7 Å². The molecule has 0 saturated carbocycles. The van der Waals surface area contributed by atoms with E-state index in [9.17, 15) is 15.3 Å². The Morgan fingerprint density at radius 1 is 1.24 bits per heavy atom. The number of nitriles is 2. The van der Waals surface area contributed by atoms with Crippen molar-refractivity contribution >= 4 is 17.7 Å². The van der Waals surface area contributed by atoms with Crippen molar-refractivity contribution in [3.63, 3.8) is 0 Å². The number of aromatic nitrogens is 2. The van der Waals surface area contributed by atoms with Crippen LogP contribution in [0.2, 0.25) is 0 Å². The molecule has 2 aromatic rings. The Kier molecular flexibility index (Phi) is 7.15. The summed E-state index contributed by atoms with van der Waals surface area (Å²) in [6, 6.07) is 9.67. The zero-order valence-corrected chi connectivity index (χ0v) is 19.5. The summed E-state index contributed by atoms with van der Waals surface area (Å²) < 4.78 is 10.8. The van der Waals surface area contributed by atoms with Crippen molar-refractivity contribution in [3.8, 4) is 12.1 Å². The molecule has 0 spiro atoms. The summed E-state index contributed by atoms with van der Waals surface area (Å²) in [6.45, 7) is 0. The van der Waals surface area contributed by atoms with E-state index in [2.05, 4.69) is 17.1 Å². The lowest BCUT2D eigenvalue weighted by atomic mass is 9.83. The van der Waals surface area contributed by atoms with Gasteiger partial charge in [0.2, 0.25) is 5.88 Å². The van der Waals surface area contributed by atoms with Crippen molar-refractivity contribution in [2.75, 3.05) is 12.9 Å². The molecular formula is C25H23N5O3S. The molecule has 8 nitrogen and oxygen atoms in total. The molecule has 4 rings (SSSR count). The number of hydrogen-bond acceptors (Lipinski definition) is 9. The summed E-state index contributed by atoms with van der Waals surface area (Å²) in [7, 11) is 1.28. The van der Waals surface area contributed by atoms with Gasteiger partial charge in [0.15, 0.2) is 0 Å². The third kappa shape index (κ3) is 4.61. The SMILES string of the molecule is COC(=O)C1=C(CSc2nc3c(cc2C#N)CCCCC3)OC(N)=C(C#N)[C@H]1c1ccncc1. The fourth-order valence-electron chi connectivity index (χ4n) is 4.26. The summed E-state index contributed by atoms with van der Waals surface area (Å²) in [6.07, 6.45) is 8.28. The van der Waals surface area contributed by atoms with Crippen molar-refractivity contribution in [2.45, 2.75) is 43.0 Å². The number of hydrogen-bond donors (Lipinski definition) is 1. The summed E-state index contributed by atoms with van der Waals surface area (Å²) in [5.41, 5.74) is 9.73. The van der Waals surface area contributed by atoms with Gasteiger partial charge in [0.05, 0.1) is 29.9 Å². The number of aryl methyl sites for hydroxylation is 2. The standard InChI is InChI=1S/C25H23N5O3S/c1-32-25(31)22-20(33-23(28)18(13-27)21(22)15-7-9-29-10-8-15)14-34-24-17(12-26)11-16-5-3-2-4-6-19(16)30-24/h7-11,21H,2-6,14,28H2,1H3/t21-/m1/s1. The van der Waals surface area contributed by atoms with Crippen LogP contribution in [0.1, 0.15) is 47.6 Å². The highest BCUT2D eigenvalue weighted by molar-refractivity contribution is 7.99. The van der Waals surface area contributed by atoms with E-state index in [0.717, 1.165) is 43.4 Å². The highest BCUT2D eigenvalue weighted by Gasteiger charge is 2.37. The molecule has 0 bridgehead atoms. The number of allylic oxidation sites excluding steroid dienone is 1. The second kappa shape index (κ2) is 10.4. The predicted octanol–water partition coefficient (Wildman–Crippen LogP) is 3.64. The molecule has 3 heterocycles. The molecule has 9 heteroatoms. The fourth-order valence-corrected chi connectivity index (χ4v) is 5.18. The monoisotopic (exact) mass is 473 g/mol. The molecule has 1 aliphatic carbocycles. The fraction of sp³-hybridized carbons (Fsp3) is 0.320. The lowest BCUT2D eigenvalue weighted by molar-refractivity contribution is -0.136. The van der Waals surface area contributed by atoms with Crippen molar-refractivity contribution in [1.29, 1.82) is 10.5 Å². The summed E-state index contributed by atoms with van der Waals surface area (Å²) in [5.74, 6) is -0.974. The average Bonchev–Trinajstić information content (AvgIpc) is 3.11. The number of pyridine rings is 2. The zero-order valence-electron chi connectivity index (χ0n) is 18.7. The maximum atomic E-state index is 12.9. The maximum absolute atomic E-state index is 12.9. The van der Waals surface area contributed by atoms with Crippen LogP contribution in [0.5, 0.6) is 0 Å². The topological polar surface area (TPSA) is 135 Å². The number of ether oxygens (including phenoxy) is 2. The summed E-state index contributed by atoms with van der Waals surface area (Å²) in [5, 5.41) is 20.0. The van der Waals surface area contributed by atoms with Gasteiger partial charge >= 0.3 is 5.97 Å². The number of thioether (sulfide) groups is 1. The van der Waals surface area contributed by atoms with Crippen LogP contribution in [0.25, 0.3) is 0 Å². The average molecular weight is 474 g/mol. The van der Waals surface area contributed by atoms with Gasteiger partial charge in [-0.2, -0.15) is 10.5 Å². The number of rotatable bonds is 5. The van der Waals surface area contributed by atoms with E-state index in [1.807, 2.05) is 6.07 Å². The summed E-state index contributed by atoms with van der Waals surface area (Å²) in [4.78, 5) is 21.7. The first-order chi connectivity index (χ1) is 16.6. The highest BCUT2D eigenvalue weighted by Crippen LogP contribution is 2.41. The Labute approximate surface area is 202 Å². The van der Waals surface area contributed by atoms with Gasteiger partial charge in [-0.3, -0.25) is 4.98 Å². The second-order valence-electron chi connectivity index (χ2n) is 7.94. The van der Waals surface area contributed by atoms with Crippen LogP contribution < -0.4 is 5.73 Å². The molecule has 0 saturated heterocycles. The molecule has 0 amide bonds.